The molecule has 2 amide bonds. The first-order valence-electron chi connectivity index (χ1n) is 11.0. The molecule has 0 unspecified atom stereocenters. The zero-order valence-corrected chi connectivity index (χ0v) is 18.7. The van der Waals surface area contributed by atoms with Gasteiger partial charge in [-0.2, -0.15) is 5.26 Å². The van der Waals surface area contributed by atoms with E-state index in [0.717, 1.165) is 24.2 Å². The van der Waals surface area contributed by atoms with Gasteiger partial charge in [0.05, 0.1) is 11.6 Å². The molecule has 0 spiro atoms. The van der Waals surface area contributed by atoms with Gasteiger partial charge in [0.1, 0.15) is 12.6 Å². The van der Waals surface area contributed by atoms with Crippen molar-refractivity contribution in [3.05, 3.63) is 65.7 Å². The molecule has 1 saturated heterocycles. The number of amides is 2. The van der Waals surface area contributed by atoms with Gasteiger partial charge in [-0.25, -0.2) is 4.79 Å². The number of alkyl carbamates (subject to hydrolysis) is 1. The summed E-state index contributed by atoms with van der Waals surface area (Å²) in [5, 5.41) is 11.7. The molecule has 32 heavy (non-hydrogen) atoms. The van der Waals surface area contributed by atoms with E-state index in [4.69, 9.17) is 10.00 Å². The molecule has 1 heterocycles. The fraction of sp³-hybridized carbons (Fsp3) is 0.400. The van der Waals surface area contributed by atoms with E-state index in [0.29, 0.717) is 25.2 Å². The SMILES string of the molecule is CC(C)[C@H](NC(=O)OCc1ccccc1)C(=O)N1CCCN(c2ccc(C#N)cc2)CC1. The van der Waals surface area contributed by atoms with Gasteiger partial charge in [-0.3, -0.25) is 4.79 Å². The molecule has 1 N–H and O–H groups in total. The summed E-state index contributed by atoms with van der Waals surface area (Å²) in [7, 11) is 0. The Balaban J connectivity index is 1.56. The van der Waals surface area contributed by atoms with Crippen LogP contribution in [0.5, 0.6) is 0 Å². The van der Waals surface area contributed by atoms with Crippen LogP contribution in [0.4, 0.5) is 10.5 Å². The largest absolute Gasteiger partial charge is 0.445 e. The van der Waals surface area contributed by atoms with Crippen molar-refractivity contribution in [2.75, 3.05) is 31.1 Å². The molecule has 168 valence electrons. The summed E-state index contributed by atoms with van der Waals surface area (Å²) >= 11 is 0. The maximum Gasteiger partial charge on any atom is 0.408 e. The van der Waals surface area contributed by atoms with Crippen LogP contribution in [0.25, 0.3) is 0 Å². The topological polar surface area (TPSA) is 85.7 Å². The van der Waals surface area contributed by atoms with Crippen LogP contribution in [0.15, 0.2) is 54.6 Å². The zero-order valence-electron chi connectivity index (χ0n) is 18.7. The highest BCUT2D eigenvalue weighted by atomic mass is 16.5. The number of nitrogens with zero attached hydrogens (tertiary/aromatic N) is 3. The van der Waals surface area contributed by atoms with E-state index < -0.39 is 12.1 Å². The molecule has 1 atom stereocenters. The van der Waals surface area contributed by atoms with Crippen molar-refractivity contribution in [2.24, 2.45) is 5.92 Å². The van der Waals surface area contributed by atoms with Gasteiger partial charge in [0, 0.05) is 31.9 Å². The third-order valence-corrected chi connectivity index (χ3v) is 5.59. The quantitative estimate of drug-likeness (QED) is 0.752. The average Bonchev–Trinajstić information content (AvgIpc) is 3.08. The van der Waals surface area contributed by atoms with Gasteiger partial charge in [0.15, 0.2) is 0 Å². The highest BCUT2D eigenvalue weighted by Gasteiger charge is 2.30. The van der Waals surface area contributed by atoms with E-state index in [2.05, 4.69) is 16.3 Å². The fourth-order valence-electron chi connectivity index (χ4n) is 3.74. The number of hydrogen-bond donors (Lipinski definition) is 1. The molecule has 0 bridgehead atoms. The standard InChI is InChI=1S/C25H30N4O3/c1-19(2)23(27-25(31)32-18-21-7-4-3-5-8-21)24(30)29-14-6-13-28(15-16-29)22-11-9-20(17-26)10-12-22/h3-5,7-12,19,23H,6,13-16,18H2,1-2H3,(H,27,31)/t23-/m0/s1. The lowest BCUT2D eigenvalue weighted by Gasteiger charge is -2.29. The van der Waals surface area contributed by atoms with Crippen LogP contribution < -0.4 is 10.2 Å². The number of hydrogen-bond acceptors (Lipinski definition) is 5. The lowest BCUT2D eigenvalue weighted by molar-refractivity contribution is -0.134. The molecule has 0 saturated carbocycles. The van der Waals surface area contributed by atoms with E-state index in [9.17, 15) is 9.59 Å². The molecular formula is C25H30N4O3. The van der Waals surface area contributed by atoms with Crippen molar-refractivity contribution in [3.8, 4) is 6.07 Å². The zero-order chi connectivity index (χ0) is 22.9. The second kappa shape index (κ2) is 11.2. The number of ether oxygens (including phenoxy) is 1. The molecular weight excluding hydrogens is 404 g/mol. The first-order chi connectivity index (χ1) is 15.5. The van der Waals surface area contributed by atoms with E-state index in [-0.39, 0.29) is 18.4 Å². The Morgan fingerprint density at radius 2 is 1.75 bits per heavy atom. The second-order valence-corrected chi connectivity index (χ2v) is 8.25. The highest BCUT2D eigenvalue weighted by Crippen LogP contribution is 2.18. The van der Waals surface area contributed by atoms with Gasteiger partial charge in [-0.15, -0.1) is 0 Å². The number of anilines is 1. The monoisotopic (exact) mass is 434 g/mol. The first kappa shape index (κ1) is 23.1. The van der Waals surface area contributed by atoms with E-state index >= 15 is 0 Å². The van der Waals surface area contributed by atoms with Gasteiger partial charge in [0.25, 0.3) is 0 Å². The molecule has 0 aliphatic carbocycles. The molecule has 3 rings (SSSR count). The highest BCUT2D eigenvalue weighted by molar-refractivity contribution is 5.86. The van der Waals surface area contributed by atoms with Gasteiger partial charge < -0.3 is 19.9 Å². The molecule has 2 aromatic rings. The van der Waals surface area contributed by atoms with Crippen LogP contribution in [0.2, 0.25) is 0 Å². The second-order valence-electron chi connectivity index (χ2n) is 8.25. The molecule has 1 fully saturated rings. The predicted molar refractivity (Wildman–Crippen MR) is 123 cm³/mol. The van der Waals surface area contributed by atoms with Crippen molar-refractivity contribution >= 4 is 17.7 Å². The molecule has 0 radical (unpaired) electrons. The Hall–Kier alpha value is -3.53. The van der Waals surface area contributed by atoms with Gasteiger partial charge >= 0.3 is 6.09 Å². The summed E-state index contributed by atoms with van der Waals surface area (Å²) in [5.41, 5.74) is 2.57. The molecule has 1 aliphatic rings. The molecule has 7 nitrogen and oxygen atoms in total. The third-order valence-electron chi connectivity index (χ3n) is 5.59. The average molecular weight is 435 g/mol. The summed E-state index contributed by atoms with van der Waals surface area (Å²) < 4.78 is 5.31. The van der Waals surface area contributed by atoms with E-state index in [1.54, 1.807) is 0 Å². The Morgan fingerprint density at radius 1 is 1.03 bits per heavy atom. The fourth-order valence-corrected chi connectivity index (χ4v) is 3.74. The van der Waals surface area contributed by atoms with Crippen LogP contribution in [0, 0.1) is 17.2 Å². The van der Waals surface area contributed by atoms with E-state index in [1.807, 2.05) is 73.3 Å². The predicted octanol–water partition coefficient (Wildman–Crippen LogP) is 3.55. The number of rotatable bonds is 6. The lowest BCUT2D eigenvalue weighted by atomic mass is 10.0. The smallest absolute Gasteiger partial charge is 0.408 e. The minimum absolute atomic E-state index is 0.0651. The maximum absolute atomic E-state index is 13.2. The van der Waals surface area contributed by atoms with Crippen LogP contribution in [0.3, 0.4) is 0 Å². The number of benzene rings is 2. The van der Waals surface area contributed by atoms with Crippen LogP contribution in [0.1, 0.15) is 31.4 Å². The Labute approximate surface area is 189 Å². The van der Waals surface area contributed by atoms with Gasteiger partial charge in [-0.05, 0) is 42.2 Å². The Bertz CT molecular complexity index is 938. The summed E-state index contributed by atoms with van der Waals surface area (Å²) in [5.74, 6) is -0.150. The molecule has 1 aliphatic heterocycles. The van der Waals surface area contributed by atoms with Crippen LogP contribution >= 0.6 is 0 Å². The van der Waals surface area contributed by atoms with Crippen LogP contribution in [-0.2, 0) is 16.1 Å². The lowest BCUT2D eigenvalue weighted by Crippen LogP contribution is -2.52. The van der Waals surface area contributed by atoms with Crippen molar-refractivity contribution in [1.82, 2.24) is 10.2 Å². The normalized spacial score (nSPS) is 14.9. The molecule has 7 heteroatoms. The number of carbonyl (C=O) groups excluding carboxylic acids is 2. The minimum atomic E-state index is -0.639. The summed E-state index contributed by atoms with van der Waals surface area (Å²) in [4.78, 5) is 29.6. The van der Waals surface area contributed by atoms with E-state index in [1.165, 1.54) is 0 Å². The maximum atomic E-state index is 13.2. The minimum Gasteiger partial charge on any atom is -0.445 e. The first-order valence-corrected chi connectivity index (χ1v) is 11.0. The van der Waals surface area contributed by atoms with Crippen LogP contribution in [-0.4, -0.2) is 49.1 Å². The Morgan fingerprint density at radius 3 is 2.41 bits per heavy atom. The van der Waals surface area contributed by atoms with Crippen molar-refractivity contribution < 1.29 is 14.3 Å². The van der Waals surface area contributed by atoms with Gasteiger partial charge in [0.2, 0.25) is 5.91 Å². The number of nitriles is 1. The molecule has 0 aromatic heterocycles. The summed E-state index contributed by atoms with van der Waals surface area (Å²) in [6.45, 7) is 6.73. The Kier molecular flexibility index (Phi) is 8.09. The van der Waals surface area contributed by atoms with Crippen molar-refractivity contribution in [1.29, 1.82) is 5.26 Å². The third kappa shape index (κ3) is 6.24. The van der Waals surface area contributed by atoms with Crippen molar-refractivity contribution in [3.63, 3.8) is 0 Å². The molecule has 2 aromatic carbocycles. The summed E-state index contributed by atoms with van der Waals surface area (Å²) in [6.07, 6.45) is 0.240. The summed E-state index contributed by atoms with van der Waals surface area (Å²) in [6, 6.07) is 18.4. The number of carbonyl (C=O) groups is 2. The van der Waals surface area contributed by atoms with Crippen molar-refractivity contribution in [2.45, 2.75) is 32.9 Å². The number of nitrogens with one attached hydrogen (secondary N) is 1. The van der Waals surface area contributed by atoms with Gasteiger partial charge in [-0.1, -0.05) is 44.2 Å².